The van der Waals surface area contributed by atoms with Gasteiger partial charge in [-0.05, 0) is 31.5 Å². The lowest BCUT2D eigenvalue weighted by Gasteiger charge is -2.12. The van der Waals surface area contributed by atoms with Crippen molar-refractivity contribution < 1.29 is 13.2 Å². The molecule has 2 aromatic rings. The number of nitrogens with two attached hydrogens (primary N) is 1. The van der Waals surface area contributed by atoms with Crippen LogP contribution < -0.4 is 11.1 Å². The Balaban J connectivity index is 2.17. The van der Waals surface area contributed by atoms with E-state index in [1.807, 2.05) is 0 Å². The minimum absolute atomic E-state index is 0.223. The number of alkyl halides is 3. The van der Waals surface area contributed by atoms with E-state index < -0.39 is 11.7 Å². The number of aryl methyl sites for hydroxylation is 1. The molecule has 1 aromatic heterocycles. The first-order valence-corrected chi connectivity index (χ1v) is 6.28. The topological polar surface area (TPSA) is 63.8 Å². The molecule has 0 saturated carbocycles. The third-order valence-electron chi connectivity index (χ3n) is 3.01. The van der Waals surface area contributed by atoms with Gasteiger partial charge in [-0.3, -0.25) is 0 Å². The highest BCUT2D eigenvalue weighted by molar-refractivity contribution is 5.54. The van der Waals surface area contributed by atoms with Crippen LogP contribution in [0.5, 0.6) is 0 Å². The normalized spacial score (nSPS) is 11.5. The number of benzene rings is 1. The van der Waals surface area contributed by atoms with Crippen molar-refractivity contribution >= 4 is 11.6 Å². The van der Waals surface area contributed by atoms with Gasteiger partial charge in [-0.15, -0.1) is 0 Å². The first kappa shape index (κ1) is 15.1. The van der Waals surface area contributed by atoms with Gasteiger partial charge in [0.2, 0.25) is 0 Å². The van der Waals surface area contributed by atoms with Crippen molar-refractivity contribution in [2.75, 3.05) is 11.1 Å². The highest BCUT2D eigenvalue weighted by atomic mass is 19.4. The van der Waals surface area contributed by atoms with Crippen molar-refractivity contribution in [2.45, 2.75) is 26.6 Å². The lowest BCUT2D eigenvalue weighted by molar-refractivity contribution is -0.137. The largest absolute Gasteiger partial charge is 0.416 e. The third-order valence-corrected chi connectivity index (χ3v) is 3.01. The maximum absolute atomic E-state index is 12.6. The molecule has 1 aromatic carbocycles. The van der Waals surface area contributed by atoms with Gasteiger partial charge in [-0.2, -0.15) is 13.2 Å². The SMILES string of the molecule is Cc1nc(N)c(C)c(NCc2cccc(C(F)(F)F)c2)n1. The quantitative estimate of drug-likeness (QED) is 0.912. The van der Waals surface area contributed by atoms with E-state index in [1.165, 1.54) is 6.07 Å². The van der Waals surface area contributed by atoms with Gasteiger partial charge in [0.15, 0.2) is 0 Å². The van der Waals surface area contributed by atoms with Gasteiger partial charge in [-0.25, -0.2) is 9.97 Å². The Morgan fingerprint density at radius 3 is 2.57 bits per heavy atom. The Morgan fingerprint density at radius 1 is 1.19 bits per heavy atom. The van der Waals surface area contributed by atoms with E-state index in [0.717, 1.165) is 12.1 Å². The summed E-state index contributed by atoms with van der Waals surface area (Å²) in [7, 11) is 0. The maximum atomic E-state index is 12.6. The molecule has 4 nitrogen and oxygen atoms in total. The molecule has 0 aliphatic carbocycles. The molecule has 0 aliphatic rings. The zero-order chi connectivity index (χ0) is 15.6. The molecule has 0 unspecified atom stereocenters. The number of rotatable bonds is 3. The van der Waals surface area contributed by atoms with Crippen LogP contribution in [-0.4, -0.2) is 9.97 Å². The zero-order valence-electron chi connectivity index (χ0n) is 11.6. The van der Waals surface area contributed by atoms with E-state index in [0.29, 0.717) is 28.6 Å². The molecule has 0 atom stereocenters. The van der Waals surface area contributed by atoms with Gasteiger partial charge in [0.25, 0.3) is 0 Å². The van der Waals surface area contributed by atoms with Crippen LogP contribution in [0, 0.1) is 13.8 Å². The minimum Gasteiger partial charge on any atom is -0.383 e. The van der Waals surface area contributed by atoms with E-state index >= 15 is 0 Å². The van der Waals surface area contributed by atoms with Crippen molar-refractivity contribution in [2.24, 2.45) is 0 Å². The number of anilines is 2. The van der Waals surface area contributed by atoms with Crippen LogP contribution in [0.25, 0.3) is 0 Å². The van der Waals surface area contributed by atoms with Gasteiger partial charge in [0, 0.05) is 12.1 Å². The fraction of sp³-hybridized carbons (Fsp3) is 0.286. The molecule has 21 heavy (non-hydrogen) atoms. The van der Waals surface area contributed by atoms with Crippen LogP contribution in [0.3, 0.4) is 0 Å². The molecule has 0 radical (unpaired) electrons. The summed E-state index contributed by atoms with van der Waals surface area (Å²) >= 11 is 0. The summed E-state index contributed by atoms with van der Waals surface area (Å²) in [4.78, 5) is 8.21. The van der Waals surface area contributed by atoms with Crippen LogP contribution in [0.1, 0.15) is 22.5 Å². The maximum Gasteiger partial charge on any atom is 0.416 e. The van der Waals surface area contributed by atoms with Crippen LogP contribution in [0.2, 0.25) is 0 Å². The Bertz CT molecular complexity index is 653. The van der Waals surface area contributed by atoms with Gasteiger partial charge >= 0.3 is 6.18 Å². The second-order valence-corrected chi connectivity index (χ2v) is 4.68. The van der Waals surface area contributed by atoms with Crippen molar-refractivity contribution in [3.8, 4) is 0 Å². The van der Waals surface area contributed by atoms with Gasteiger partial charge < -0.3 is 11.1 Å². The molecule has 1 heterocycles. The van der Waals surface area contributed by atoms with Crippen molar-refractivity contribution in [3.05, 3.63) is 46.8 Å². The lowest BCUT2D eigenvalue weighted by atomic mass is 10.1. The molecule has 0 saturated heterocycles. The van der Waals surface area contributed by atoms with Crippen LogP contribution in [0.4, 0.5) is 24.8 Å². The van der Waals surface area contributed by atoms with E-state index in [2.05, 4.69) is 15.3 Å². The lowest BCUT2D eigenvalue weighted by Crippen LogP contribution is -2.09. The van der Waals surface area contributed by atoms with E-state index in [-0.39, 0.29) is 6.54 Å². The fourth-order valence-electron chi connectivity index (χ4n) is 1.87. The van der Waals surface area contributed by atoms with Gasteiger partial charge in [-0.1, -0.05) is 12.1 Å². The summed E-state index contributed by atoms with van der Waals surface area (Å²) in [6.07, 6.45) is -4.35. The Kier molecular flexibility index (Phi) is 4.02. The molecule has 3 N–H and O–H groups in total. The van der Waals surface area contributed by atoms with E-state index in [9.17, 15) is 13.2 Å². The minimum atomic E-state index is -4.35. The second-order valence-electron chi connectivity index (χ2n) is 4.68. The Labute approximate surface area is 120 Å². The molecular weight excluding hydrogens is 281 g/mol. The van der Waals surface area contributed by atoms with Gasteiger partial charge in [0.05, 0.1) is 5.56 Å². The predicted molar refractivity (Wildman–Crippen MR) is 74.7 cm³/mol. The molecule has 0 fully saturated rings. The highest BCUT2D eigenvalue weighted by Crippen LogP contribution is 2.29. The number of aromatic nitrogens is 2. The zero-order valence-corrected chi connectivity index (χ0v) is 11.6. The molecule has 0 bridgehead atoms. The Morgan fingerprint density at radius 2 is 1.90 bits per heavy atom. The van der Waals surface area contributed by atoms with Crippen LogP contribution in [0.15, 0.2) is 24.3 Å². The molecule has 2 rings (SSSR count). The standard InChI is InChI=1S/C14H15F3N4/c1-8-12(18)20-9(2)21-13(8)19-7-10-4-3-5-11(6-10)14(15,16)17/h3-6H,7H2,1-2H3,(H3,18,19,20,21). The first-order valence-electron chi connectivity index (χ1n) is 6.28. The Hall–Kier alpha value is -2.31. The molecule has 112 valence electrons. The predicted octanol–water partition coefficient (Wildman–Crippen LogP) is 3.31. The number of nitrogens with zero attached hydrogens (tertiary/aromatic N) is 2. The summed E-state index contributed by atoms with van der Waals surface area (Å²) in [6, 6.07) is 5.16. The fourth-order valence-corrected chi connectivity index (χ4v) is 1.87. The first-order chi connectivity index (χ1) is 9.77. The molecule has 0 aliphatic heterocycles. The average molecular weight is 296 g/mol. The van der Waals surface area contributed by atoms with Crippen molar-refractivity contribution in [1.82, 2.24) is 9.97 Å². The number of hydrogen-bond acceptors (Lipinski definition) is 4. The van der Waals surface area contributed by atoms with Crippen LogP contribution >= 0.6 is 0 Å². The molecule has 0 amide bonds. The van der Waals surface area contributed by atoms with E-state index in [1.54, 1.807) is 19.9 Å². The monoisotopic (exact) mass is 296 g/mol. The summed E-state index contributed by atoms with van der Waals surface area (Å²) in [5.74, 6) is 1.39. The number of hydrogen-bond donors (Lipinski definition) is 2. The van der Waals surface area contributed by atoms with Crippen LogP contribution in [-0.2, 0) is 12.7 Å². The second kappa shape index (κ2) is 5.59. The number of nitrogen functional groups attached to an aromatic ring is 1. The number of nitrogens with one attached hydrogen (secondary N) is 1. The summed E-state index contributed by atoms with van der Waals surface area (Å²) in [5.41, 5.74) is 6.25. The molecule has 0 spiro atoms. The highest BCUT2D eigenvalue weighted by Gasteiger charge is 2.30. The van der Waals surface area contributed by atoms with Crippen molar-refractivity contribution in [3.63, 3.8) is 0 Å². The van der Waals surface area contributed by atoms with Crippen molar-refractivity contribution in [1.29, 1.82) is 0 Å². The summed E-state index contributed by atoms with van der Waals surface area (Å²) < 4.78 is 37.9. The third kappa shape index (κ3) is 3.62. The average Bonchev–Trinajstić information content (AvgIpc) is 2.40. The number of halogens is 3. The molecule has 7 heteroatoms. The smallest absolute Gasteiger partial charge is 0.383 e. The van der Waals surface area contributed by atoms with Gasteiger partial charge in [0.1, 0.15) is 17.5 Å². The summed E-state index contributed by atoms with van der Waals surface area (Å²) in [6.45, 7) is 3.68. The van der Waals surface area contributed by atoms with E-state index in [4.69, 9.17) is 5.73 Å². The summed E-state index contributed by atoms with van der Waals surface area (Å²) in [5, 5.41) is 2.99. The molecular formula is C14H15F3N4.